The summed E-state index contributed by atoms with van der Waals surface area (Å²) in [7, 11) is 0. The molecule has 0 aromatic heterocycles. The third-order valence-corrected chi connectivity index (χ3v) is 2.50. The van der Waals surface area contributed by atoms with Crippen molar-refractivity contribution in [3.05, 3.63) is 39.4 Å². The molecule has 0 spiro atoms. The number of rotatable bonds is 3. The summed E-state index contributed by atoms with van der Waals surface area (Å²) in [4.78, 5) is 21.0. The number of carboxylic acids is 1. The van der Waals surface area contributed by atoms with Gasteiger partial charge < -0.3 is 5.11 Å². The molecule has 1 aliphatic carbocycles. The first-order valence-electron chi connectivity index (χ1n) is 4.62. The van der Waals surface area contributed by atoms with Gasteiger partial charge in [0.25, 0.3) is 5.69 Å². The van der Waals surface area contributed by atoms with E-state index in [1.165, 1.54) is 12.1 Å². The molecule has 1 aliphatic rings. The molecule has 0 aliphatic heterocycles. The van der Waals surface area contributed by atoms with Gasteiger partial charge in [0, 0.05) is 6.07 Å². The zero-order valence-electron chi connectivity index (χ0n) is 7.84. The fourth-order valence-corrected chi connectivity index (χ4v) is 1.68. The quantitative estimate of drug-likeness (QED) is 0.608. The van der Waals surface area contributed by atoms with Crippen LogP contribution in [0.5, 0.6) is 0 Å². The largest absolute Gasteiger partial charge is 0.477 e. The number of carbonyl (C=O) groups is 1. The van der Waals surface area contributed by atoms with Gasteiger partial charge in [0.2, 0.25) is 0 Å². The molecule has 0 saturated heterocycles. The molecule has 78 valence electrons. The first-order chi connectivity index (χ1) is 7.11. The van der Waals surface area contributed by atoms with Crippen LogP contribution in [0, 0.1) is 10.1 Å². The molecule has 1 fully saturated rings. The average molecular weight is 207 g/mol. The summed E-state index contributed by atoms with van der Waals surface area (Å²) >= 11 is 0. The molecule has 0 heterocycles. The predicted molar refractivity (Wildman–Crippen MR) is 52.0 cm³/mol. The monoisotopic (exact) mass is 207 g/mol. The normalized spacial score (nSPS) is 14.9. The number of aromatic carboxylic acids is 1. The lowest BCUT2D eigenvalue weighted by atomic mass is 10.0. The Balaban J connectivity index is 2.59. The van der Waals surface area contributed by atoms with Crippen molar-refractivity contribution in [3.63, 3.8) is 0 Å². The minimum Gasteiger partial charge on any atom is -0.477 e. The van der Waals surface area contributed by atoms with E-state index in [1.54, 1.807) is 6.07 Å². The molecule has 1 aromatic rings. The van der Waals surface area contributed by atoms with Crippen molar-refractivity contribution in [2.45, 2.75) is 18.8 Å². The molecule has 1 saturated carbocycles. The first-order valence-corrected chi connectivity index (χ1v) is 4.62. The lowest BCUT2D eigenvalue weighted by Gasteiger charge is -2.04. The van der Waals surface area contributed by atoms with E-state index in [0.29, 0.717) is 5.56 Å². The Hall–Kier alpha value is -1.91. The molecule has 0 amide bonds. The second-order valence-electron chi connectivity index (χ2n) is 3.58. The summed E-state index contributed by atoms with van der Waals surface area (Å²) in [6.07, 6.45) is 1.84. The van der Waals surface area contributed by atoms with E-state index >= 15 is 0 Å². The maximum Gasteiger partial charge on any atom is 0.343 e. The van der Waals surface area contributed by atoms with Crippen molar-refractivity contribution in [1.82, 2.24) is 0 Å². The Morgan fingerprint density at radius 1 is 1.47 bits per heavy atom. The second kappa shape index (κ2) is 3.34. The molecule has 0 bridgehead atoms. The minimum absolute atomic E-state index is 0.148. The van der Waals surface area contributed by atoms with Crippen molar-refractivity contribution >= 4 is 11.7 Å². The second-order valence-corrected chi connectivity index (χ2v) is 3.58. The molecule has 0 atom stereocenters. The van der Waals surface area contributed by atoms with Crippen LogP contribution in [0.15, 0.2) is 18.2 Å². The first kappa shape index (κ1) is 9.64. The number of nitrogens with zero attached hydrogens (tertiary/aromatic N) is 1. The highest BCUT2D eigenvalue weighted by atomic mass is 16.6. The van der Waals surface area contributed by atoms with Crippen molar-refractivity contribution < 1.29 is 14.8 Å². The van der Waals surface area contributed by atoms with Crippen molar-refractivity contribution in [3.8, 4) is 0 Å². The van der Waals surface area contributed by atoms with Gasteiger partial charge in [-0.15, -0.1) is 0 Å². The van der Waals surface area contributed by atoms with Gasteiger partial charge in [0.15, 0.2) is 0 Å². The number of nitro groups is 1. The van der Waals surface area contributed by atoms with Gasteiger partial charge >= 0.3 is 5.97 Å². The van der Waals surface area contributed by atoms with Crippen LogP contribution < -0.4 is 0 Å². The molecule has 2 rings (SSSR count). The van der Waals surface area contributed by atoms with Crippen LogP contribution in [-0.4, -0.2) is 16.0 Å². The topological polar surface area (TPSA) is 80.4 Å². The van der Waals surface area contributed by atoms with Crippen LogP contribution in [0.2, 0.25) is 0 Å². The number of hydrogen-bond acceptors (Lipinski definition) is 3. The molecule has 5 heteroatoms. The maximum absolute atomic E-state index is 11.0. The zero-order valence-corrected chi connectivity index (χ0v) is 7.84. The molecule has 0 unspecified atom stereocenters. The minimum atomic E-state index is -1.22. The molecule has 1 N–H and O–H groups in total. The number of hydrogen-bond donors (Lipinski definition) is 1. The smallest absolute Gasteiger partial charge is 0.343 e. The Morgan fingerprint density at radius 2 is 2.13 bits per heavy atom. The Labute approximate surface area is 85.5 Å². The van der Waals surface area contributed by atoms with E-state index in [9.17, 15) is 14.9 Å². The molecule has 0 radical (unpaired) electrons. The van der Waals surface area contributed by atoms with Crippen LogP contribution in [0.1, 0.15) is 34.7 Å². The Morgan fingerprint density at radius 3 is 2.60 bits per heavy atom. The summed E-state index contributed by atoms with van der Waals surface area (Å²) in [5, 5.41) is 19.6. The van der Waals surface area contributed by atoms with Gasteiger partial charge in [-0.3, -0.25) is 10.1 Å². The highest BCUT2D eigenvalue weighted by Crippen LogP contribution is 2.43. The number of nitro benzene ring substituents is 1. The van der Waals surface area contributed by atoms with E-state index in [-0.39, 0.29) is 17.2 Å². The fraction of sp³-hybridized carbons (Fsp3) is 0.300. The van der Waals surface area contributed by atoms with E-state index in [4.69, 9.17) is 5.11 Å². The molecular weight excluding hydrogens is 198 g/mol. The summed E-state index contributed by atoms with van der Waals surface area (Å²) in [6, 6.07) is 4.43. The molecular formula is C10H9NO4. The van der Waals surface area contributed by atoms with Gasteiger partial charge in [-0.2, -0.15) is 0 Å². The van der Waals surface area contributed by atoms with Crippen LogP contribution in [0.4, 0.5) is 5.69 Å². The van der Waals surface area contributed by atoms with Crippen LogP contribution in [-0.2, 0) is 0 Å². The van der Waals surface area contributed by atoms with E-state index in [1.807, 2.05) is 0 Å². The third kappa shape index (κ3) is 1.68. The standard InChI is InChI=1S/C10H9NO4/c12-10(13)9-7(6-4-5-6)2-1-3-8(9)11(14)15/h1-3,6H,4-5H2,(H,12,13). The highest BCUT2D eigenvalue weighted by Gasteiger charge is 2.32. The molecule has 1 aromatic carbocycles. The van der Waals surface area contributed by atoms with E-state index in [0.717, 1.165) is 12.8 Å². The van der Waals surface area contributed by atoms with Gasteiger partial charge in [0.1, 0.15) is 5.56 Å². The fourth-order valence-electron chi connectivity index (χ4n) is 1.68. The summed E-state index contributed by atoms with van der Waals surface area (Å²) in [5.74, 6) is -1.03. The van der Waals surface area contributed by atoms with Gasteiger partial charge in [-0.05, 0) is 24.3 Å². The SMILES string of the molecule is O=C(O)c1c(C2CC2)cccc1[N+](=O)[O-]. The van der Waals surface area contributed by atoms with Gasteiger partial charge in [-0.25, -0.2) is 4.79 Å². The summed E-state index contributed by atoms with van der Waals surface area (Å²) in [5.41, 5.74) is 0.133. The number of carboxylic acid groups (broad SMARTS) is 1. The molecule has 5 nitrogen and oxygen atoms in total. The zero-order chi connectivity index (χ0) is 11.0. The lowest BCUT2D eigenvalue weighted by Crippen LogP contribution is -2.06. The van der Waals surface area contributed by atoms with Crippen molar-refractivity contribution in [2.24, 2.45) is 0 Å². The van der Waals surface area contributed by atoms with Gasteiger partial charge in [-0.1, -0.05) is 12.1 Å². The van der Waals surface area contributed by atoms with E-state index in [2.05, 4.69) is 0 Å². The predicted octanol–water partition coefficient (Wildman–Crippen LogP) is 2.17. The lowest BCUT2D eigenvalue weighted by molar-refractivity contribution is -0.385. The summed E-state index contributed by atoms with van der Waals surface area (Å²) < 4.78 is 0. The van der Waals surface area contributed by atoms with Crippen LogP contribution >= 0.6 is 0 Å². The highest BCUT2D eigenvalue weighted by molar-refractivity contribution is 5.94. The Kier molecular flexibility index (Phi) is 2.15. The van der Waals surface area contributed by atoms with E-state index < -0.39 is 10.9 Å². The summed E-state index contributed by atoms with van der Waals surface area (Å²) in [6.45, 7) is 0. The van der Waals surface area contributed by atoms with Crippen molar-refractivity contribution in [2.75, 3.05) is 0 Å². The van der Waals surface area contributed by atoms with Gasteiger partial charge in [0.05, 0.1) is 4.92 Å². The maximum atomic E-state index is 11.0. The van der Waals surface area contributed by atoms with Crippen LogP contribution in [0.3, 0.4) is 0 Å². The van der Waals surface area contributed by atoms with Crippen LogP contribution in [0.25, 0.3) is 0 Å². The molecule has 15 heavy (non-hydrogen) atoms. The third-order valence-electron chi connectivity index (χ3n) is 2.50. The Bertz CT molecular complexity index is 437. The average Bonchev–Trinajstić information content (AvgIpc) is 2.99. The number of benzene rings is 1. The van der Waals surface area contributed by atoms with Crippen molar-refractivity contribution in [1.29, 1.82) is 0 Å².